The molecular formula is C16H20FNS. The smallest absolute Gasteiger partial charge is 0.126 e. The molecule has 0 bridgehead atoms. The largest absolute Gasteiger partial charge is 0.309 e. The zero-order valence-corrected chi connectivity index (χ0v) is 12.3. The molecule has 0 fully saturated rings. The molecule has 1 nitrogen and oxygen atoms in total. The van der Waals surface area contributed by atoms with Gasteiger partial charge in [0.2, 0.25) is 0 Å². The zero-order valence-electron chi connectivity index (χ0n) is 11.4. The van der Waals surface area contributed by atoms with Gasteiger partial charge in [-0.25, -0.2) is 4.39 Å². The summed E-state index contributed by atoms with van der Waals surface area (Å²) < 4.78 is 13.8. The molecule has 0 saturated heterocycles. The van der Waals surface area contributed by atoms with E-state index < -0.39 is 0 Å². The number of hydrogen-bond acceptors (Lipinski definition) is 2. The molecule has 2 aromatic rings. The van der Waals surface area contributed by atoms with Gasteiger partial charge in [-0.1, -0.05) is 25.1 Å². The maximum Gasteiger partial charge on any atom is 0.126 e. The molecule has 1 aromatic heterocycles. The van der Waals surface area contributed by atoms with Crippen molar-refractivity contribution in [1.29, 1.82) is 0 Å². The van der Waals surface area contributed by atoms with Crippen LogP contribution in [-0.4, -0.2) is 6.54 Å². The average Bonchev–Trinajstić information content (AvgIpc) is 2.83. The third kappa shape index (κ3) is 3.88. The van der Waals surface area contributed by atoms with Gasteiger partial charge in [-0.05, 0) is 50.1 Å². The van der Waals surface area contributed by atoms with E-state index in [1.54, 1.807) is 17.4 Å². The first-order valence-corrected chi connectivity index (χ1v) is 7.55. The molecule has 0 aliphatic carbocycles. The summed E-state index contributed by atoms with van der Waals surface area (Å²) in [4.78, 5) is 2.58. The number of nitrogens with one attached hydrogen (secondary N) is 1. The van der Waals surface area contributed by atoms with E-state index >= 15 is 0 Å². The fraction of sp³-hybridized carbons (Fsp3) is 0.375. The summed E-state index contributed by atoms with van der Waals surface area (Å²) in [5.74, 6) is -0.112. The van der Waals surface area contributed by atoms with Crippen LogP contribution >= 0.6 is 11.3 Å². The van der Waals surface area contributed by atoms with Crippen LogP contribution < -0.4 is 5.32 Å². The third-order valence-corrected chi connectivity index (χ3v) is 4.24. The van der Waals surface area contributed by atoms with Crippen LogP contribution in [0.4, 0.5) is 4.39 Å². The Morgan fingerprint density at radius 3 is 2.63 bits per heavy atom. The summed E-state index contributed by atoms with van der Waals surface area (Å²) in [7, 11) is 0. The highest BCUT2D eigenvalue weighted by atomic mass is 32.1. The number of halogens is 1. The Bertz CT molecular complexity index is 521. The van der Waals surface area contributed by atoms with Gasteiger partial charge >= 0.3 is 0 Å². The topological polar surface area (TPSA) is 12.0 Å². The number of rotatable bonds is 6. The Labute approximate surface area is 118 Å². The molecule has 1 atom stereocenters. The molecule has 0 radical (unpaired) electrons. The van der Waals surface area contributed by atoms with Crippen LogP contribution in [0.25, 0.3) is 0 Å². The van der Waals surface area contributed by atoms with Crippen molar-refractivity contribution in [2.24, 2.45) is 0 Å². The predicted octanol–water partition coefficient (Wildman–Crippen LogP) is 4.48. The summed E-state index contributed by atoms with van der Waals surface area (Å²) >= 11 is 1.79. The number of hydrogen-bond donors (Lipinski definition) is 1. The fourth-order valence-corrected chi connectivity index (χ4v) is 3.07. The van der Waals surface area contributed by atoms with Crippen LogP contribution in [-0.2, 0) is 6.42 Å². The molecule has 1 aromatic carbocycles. The average molecular weight is 277 g/mol. The molecule has 102 valence electrons. The van der Waals surface area contributed by atoms with Crippen molar-refractivity contribution in [3.05, 3.63) is 57.5 Å². The van der Waals surface area contributed by atoms with Crippen molar-refractivity contribution in [2.45, 2.75) is 32.7 Å². The van der Waals surface area contributed by atoms with Gasteiger partial charge in [-0.2, -0.15) is 0 Å². The van der Waals surface area contributed by atoms with Gasteiger partial charge < -0.3 is 5.32 Å². The lowest BCUT2D eigenvalue weighted by molar-refractivity contribution is 0.519. The van der Waals surface area contributed by atoms with Gasteiger partial charge in [-0.15, -0.1) is 11.3 Å². The van der Waals surface area contributed by atoms with Crippen LogP contribution in [0.5, 0.6) is 0 Å². The lowest BCUT2D eigenvalue weighted by atomic mass is 10.0. The van der Waals surface area contributed by atoms with E-state index in [9.17, 15) is 4.39 Å². The van der Waals surface area contributed by atoms with Crippen molar-refractivity contribution in [2.75, 3.05) is 6.54 Å². The Morgan fingerprint density at radius 1 is 1.21 bits per heavy atom. The molecule has 3 heteroatoms. The molecule has 19 heavy (non-hydrogen) atoms. The summed E-state index contributed by atoms with van der Waals surface area (Å²) in [6.45, 7) is 5.21. The fourth-order valence-electron chi connectivity index (χ4n) is 2.12. The Hall–Kier alpha value is -1.19. The number of aryl methyl sites for hydroxylation is 1. The van der Waals surface area contributed by atoms with Gasteiger partial charge in [0, 0.05) is 15.8 Å². The van der Waals surface area contributed by atoms with E-state index in [0.717, 1.165) is 18.5 Å². The lowest BCUT2D eigenvalue weighted by Crippen LogP contribution is -2.23. The summed E-state index contributed by atoms with van der Waals surface area (Å²) in [5.41, 5.74) is 0.780. The second kappa shape index (κ2) is 6.83. The molecule has 0 spiro atoms. The molecule has 1 unspecified atom stereocenters. The van der Waals surface area contributed by atoms with Gasteiger partial charge in [0.25, 0.3) is 0 Å². The van der Waals surface area contributed by atoms with E-state index in [2.05, 4.69) is 31.3 Å². The second-order valence-electron chi connectivity index (χ2n) is 4.75. The molecule has 0 saturated carbocycles. The minimum Gasteiger partial charge on any atom is -0.309 e. The minimum absolute atomic E-state index is 0.112. The summed E-state index contributed by atoms with van der Waals surface area (Å²) in [5, 5.41) is 3.52. The quantitative estimate of drug-likeness (QED) is 0.821. The third-order valence-electron chi connectivity index (χ3n) is 3.13. The summed E-state index contributed by atoms with van der Waals surface area (Å²) in [6, 6.07) is 11.5. The monoisotopic (exact) mass is 277 g/mol. The van der Waals surface area contributed by atoms with Gasteiger partial charge in [0.15, 0.2) is 0 Å². The van der Waals surface area contributed by atoms with Crippen molar-refractivity contribution < 1.29 is 4.39 Å². The van der Waals surface area contributed by atoms with Gasteiger partial charge in [-0.3, -0.25) is 0 Å². The highest BCUT2D eigenvalue weighted by Crippen LogP contribution is 2.26. The van der Waals surface area contributed by atoms with E-state index in [1.807, 2.05) is 12.1 Å². The molecule has 0 amide bonds. The number of benzene rings is 1. The highest BCUT2D eigenvalue weighted by molar-refractivity contribution is 7.12. The number of thiophene rings is 1. The van der Waals surface area contributed by atoms with E-state index in [0.29, 0.717) is 6.42 Å². The Balaban J connectivity index is 2.16. The van der Waals surface area contributed by atoms with E-state index in [-0.39, 0.29) is 11.9 Å². The van der Waals surface area contributed by atoms with Crippen LogP contribution in [0.1, 0.15) is 34.7 Å². The maximum absolute atomic E-state index is 13.8. The second-order valence-corrected chi connectivity index (χ2v) is 6.07. The Kier molecular flexibility index (Phi) is 5.11. The first kappa shape index (κ1) is 14.2. The highest BCUT2D eigenvalue weighted by Gasteiger charge is 2.15. The molecule has 1 N–H and O–H groups in total. The standard InChI is InChI=1S/C16H20FNS/c1-3-10-18-15(16-9-8-12(2)19-16)11-13-6-4-5-7-14(13)17/h4-9,15,18H,3,10-11H2,1-2H3. The zero-order chi connectivity index (χ0) is 13.7. The van der Waals surface area contributed by atoms with E-state index in [4.69, 9.17) is 0 Å². The molecule has 0 aliphatic heterocycles. The van der Waals surface area contributed by atoms with Crippen LogP contribution in [0.3, 0.4) is 0 Å². The predicted molar refractivity (Wildman–Crippen MR) is 80.2 cm³/mol. The van der Waals surface area contributed by atoms with Crippen molar-refractivity contribution >= 4 is 11.3 Å². The van der Waals surface area contributed by atoms with Crippen LogP contribution in [0, 0.1) is 12.7 Å². The van der Waals surface area contributed by atoms with Crippen molar-refractivity contribution in [3.63, 3.8) is 0 Å². The summed E-state index contributed by atoms with van der Waals surface area (Å²) in [6.07, 6.45) is 1.78. The molecule has 0 aliphatic rings. The van der Waals surface area contributed by atoms with Crippen LogP contribution in [0.2, 0.25) is 0 Å². The normalized spacial score (nSPS) is 12.6. The van der Waals surface area contributed by atoms with E-state index in [1.165, 1.54) is 15.8 Å². The van der Waals surface area contributed by atoms with Gasteiger partial charge in [0.1, 0.15) is 5.82 Å². The maximum atomic E-state index is 13.8. The minimum atomic E-state index is -0.112. The first-order valence-electron chi connectivity index (χ1n) is 6.74. The first-order chi connectivity index (χ1) is 9.20. The van der Waals surface area contributed by atoms with Crippen molar-refractivity contribution in [3.8, 4) is 0 Å². The SMILES string of the molecule is CCCNC(Cc1ccccc1F)c1ccc(C)s1. The molecule has 2 rings (SSSR count). The Morgan fingerprint density at radius 2 is 2.00 bits per heavy atom. The lowest BCUT2D eigenvalue weighted by Gasteiger charge is -2.17. The van der Waals surface area contributed by atoms with Crippen LogP contribution in [0.15, 0.2) is 36.4 Å². The van der Waals surface area contributed by atoms with Crippen molar-refractivity contribution in [1.82, 2.24) is 5.32 Å². The van der Waals surface area contributed by atoms with Gasteiger partial charge in [0.05, 0.1) is 0 Å². The molecule has 1 heterocycles. The molecular weight excluding hydrogens is 257 g/mol.